The molecule has 2 N–H and O–H groups in total. The molecule has 5 atom stereocenters. The molecule has 7 rings (SSSR count). The van der Waals surface area contributed by atoms with Gasteiger partial charge < -0.3 is 48.7 Å². The van der Waals surface area contributed by atoms with Crippen molar-refractivity contribution in [3.63, 3.8) is 0 Å². The van der Waals surface area contributed by atoms with Crippen molar-refractivity contribution in [2.45, 2.75) is 69.9 Å². The van der Waals surface area contributed by atoms with E-state index in [1.807, 2.05) is 30.3 Å². The maximum absolute atomic E-state index is 14.8. The summed E-state index contributed by atoms with van der Waals surface area (Å²) in [5.41, 5.74) is 2.67. The molecular weight excluding hydrogens is 732 g/mol. The number of nitrogens with zero attached hydrogens (tertiary/aromatic N) is 4. The number of benzene rings is 3. The average Bonchev–Trinajstić information content (AvgIpc) is 3.64. The highest BCUT2D eigenvalue weighted by Gasteiger charge is 2.39. The van der Waals surface area contributed by atoms with E-state index >= 15 is 0 Å². The number of rotatable bonds is 6. The monoisotopic (exact) mass is 782 g/mol. The molecule has 0 spiro atoms. The van der Waals surface area contributed by atoms with Gasteiger partial charge >= 0.3 is 0 Å². The Labute approximate surface area is 332 Å². The molecule has 0 radical (unpaired) electrons. The van der Waals surface area contributed by atoms with Gasteiger partial charge in [0.2, 0.25) is 35.4 Å². The fourth-order valence-electron chi connectivity index (χ4n) is 7.17. The fourth-order valence-corrected chi connectivity index (χ4v) is 7.17. The number of hydrogen-bond acceptors (Lipinski definition) is 11. The van der Waals surface area contributed by atoms with Crippen LogP contribution < -0.4 is 29.7 Å². The zero-order valence-electron chi connectivity index (χ0n) is 33.5. The number of ether oxygens (including phenoxy) is 4. The van der Waals surface area contributed by atoms with E-state index in [-0.39, 0.29) is 37.6 Å². The first-order chi connectivity index (χ1) is 27.3. The molecule has 0 unspecified atom stereocenters. The Kier molecular flexibility index (Phi) is 12.4. The van der Waals surface area contributed by atoms with Crippen LogP contribution >= 0.6 is 0 Å². The summed E-state index contributed by atoms with van der Waals surface area (Å²) >= 11 is 0. The van der Waals surface area contributed by atoms with Crippen LogP contribution in [0.15, 0.2) is 71.1 Å². The van der Waals surface area contributed by atoms with Gasteiger partial charge in [-0.25, -0.2) is 4.98 Å². The van der Waals surface area contributed by atoms with Crippen molar-refractivity contribution in [1.29, 1.82) is 0 Å². The van der Waals surface area contributed by atoms with Gasteiger partial charge in [-0.05, 0) is 66.9 Å². The first kappa shape index (κ1) is 40.6. The van der Waals surface area contributed by atoms with Gasteiger partial charge in [-0.2, -0.15) is 0 Å². The van der Waals surface area contributed by atoms with E-state index in [0.29, 0.717) is 34.3 Å². The first-order valence-electron chi connectivity index (χ1n) is 18.7. The van der Waals surface area contributed by atoms with Crippen LogP contribution in [0.4, 0.5) is 5.88 Å². The van der Waals surface area contributed by atoms with Crippen LogP contribution in [-0.2, 0) is 49.8 Å². The van der Waals surface area contributed by atoms with Crippen molar-refractivity contribution in [2.75, 3.05) is 47.4 Å². The molecular formula is C42H50N6O9. The van der Waals surface area contributed by atoms with E-state index in [1.165, 1.54) is 24.0 Å². The number of oxazole rings is 1. The van der Waals surface area contributed by atoms with Gasteiger partial charge in [0.25, 0.3) is 0 Å². The second-order valence-corrected chi connectivity index (χ2v) is 14.4. The molecule has 8 bridgehead atoms. The topological polar surface area (TPSA) is 165 Å². The molecule has 302 valence electrons. The summed E-state index contributed by atoms with van der Waals surface area (Å²) in [5, 5.41) is 5.92. The van der Waals surface area contributed by atoms with E-state index in [0.717, 1.165) is 11.1 Å². The van der Waals surface area contributed by atoms with Crippen LogP contribution in [0.25, 0.3) is 0 Å². The van der Waals surface area contributed by atoms with E-state index in [2.05, 4.69) is 10.6 Å². The summed E-state index contributed by atoms with van der Waals surface area (Å²) in [6.07, 6.45) is 0.435. The molecule has 57 heavy (non-hydrogen) atoms. The van der Waals surface area contributed by atoms with Crippen molar-refractivity contribution in [2.24, 2.45) is 0 Å². The first-order valence-corrected chi connectivity index (χ1v) is 18.7. The Hall–Kier alpha value is -6.09. The van der Waals surface area contributed by atoms with Crippen LogP contribution in [0, 0.1) is 0 Å². The maximum Gasteiger partial charge on any atom is 0.246 e. The largest absolute Gasteiger partial charge is 0.497 e. The summed E-state index contributed by atoms with van der Waals surface area (Å²) < 4.78 is 29.0. The summed E-state index contributed by atoms with van der Waals surface area (Å²) in [7, 11) is 9.44. The van der Waals surface area contributed by atoms with Crippen LogP contribution in [0.3, 0.4) is 0 Å². The summed E-state index contributed by atoms with van der Waals surface area (Å²) in [6, 6.07) is 15.1. The number of anilines is 1. The third-order valence-electron chi connectivity index (χ3n) is 10.6. The van der Waals surface area contributed by atoms with Gasteiger partial charge in [-0.15, -0.1) is 0 Å². The third kappa shape index (κ3) is 8.83. The van der Waals surface area contributed by atoms with Crippen molar-refractivity contribution in [1.82, 2.24) is 25.4 Å². The van der Waals surface area contributed by atoms with Crippen molar-refractivity contribution >= 4 is 29.5 Å². The van der Waals surface area contributed by atoms with E-state index in [1.54, 1.807) is 83.5 Å². The summed E-state index contributed by atoms with van der Waals surface area (Å²) in [5.74, 6) is 0.660. The second kappa shape index (κ2) is 17.4. The Bertz CT molecular complexity index is 2090. The summed E-state index contributed by atoms with van der Waals surface area (Å²) in [4.78, 5) is 67.0. The van der Waals surface area contributed by atoms with Crippen LogP contribution in [-0.4, -0.2) is 105 Å². The Balaban J connectivity index is 1.47. The standard InChI is InChI=1S/C42H50N6O9/c1-24-39-45-31(23-53-6)42(57-39)48(5)33(19-26-9-14-29(54-7)15-10-26)38(50)44-25(2)40(51)47(4)34-20-27-11-16-30(17-12-27)56-36-22-28(13-18-35(36)55-8)21-32(37(49)43-24)46(3)41(34)52/h9-18,22,24-25,32-34H,19-21,23H2,1-8H3,(H,43,49)(H,44,50)/t24-,25+,32+,33+,34+/m1/s1. The molecule has 4 amide bonds. The van der Waals surface area contributed by atoms with Crippen molar-refractivity contribution in [3.8, 4) is 23.0 Å². The molecule has 0 fully saturated rings. The predicted octanol–water partition coefficient (Wildman–Crippen LogP) is 3.83. The molecule has 3 aromatic carbocycles. The zero-order chi connectivity index (χ0) is 41.0. The molecule has 4 heterocycles. The van der Waals surface area contributed by atoms with Crippen molar-refractivity contribution in [3.05, 3.63) is 95.0 Å². The Morgan fingerprint density at radius 2 is 1.39 bits per heavy atom. The van der Waals surface area contributed by atoms with E-state index in [9.17, 15) is 19.2 Å². The Morgan fingerprint density at radius 1 is 0.737 bits per heavy atom. The highest BCUT2D eigenvalue weighted by Crippen LogP contribution is 2.34. The number of hydrogen-bond donors (Lipinski definition) is 2. The second-order valence-electron chi connectivity index (χ2n) is 14.4. The number of nitrogens with one attached hydrogen (secondary N) is 2. The molecule has 3 aliphatic heterocycles. The average molecular weight is 783 g/mol. The number of carbonyl (C=O) groups excluding carboxylic acids is 4. The van der Waals surface area contributed by atoms with Crippen LogP contribution in [0.1, 0.15) is 48.2 Å². The minimum absolute atomic E-state index is 0.0477. The number of carbonyl (C=O) groups is 4. The Morgan fingerprint density at radius 3 is 2.05 bits per heavy atom. The molecule has 4 aromatic rings. The number of likely N-dealkylation sites (N-methyl/N-ethyl adjacent to an activating group) is 3. The molecule has 15 nitrogen and oxygen atoms in total. The van der Waals surface area contributed by atoms with Gasteiger partial charge in [0.15, 0.2) is 11.5 Å². The normalized spacial score (nSPS) is 22.0. The molecule has 0 saturated heterocycles. The fraction of sp³-hybridized carbons (Fsp3) is 0.405. The van der Waals surface area contributed by atoms with Gasteiger partial charge in [0, 0.05) is 47.5 Å². The van der Waals surface area contributed by atoms with Crippen LogP contribution in [0.2, 0.25) is 0 Å². The molecule has 3 aliphatic rings. The number of amides is 4. The van der Waals surface area contributed by atoms with Crippen molar-refractivity contribution < 1.29 is 42.5 Å². The van der Waals surface area contributed by atoms with Gasteiger partial charge in [-0.3, -0.25) is 19.2 Å². The predicted molar refractivity (Wildman–Crippen MR) is 210 cm³/mol. The molecule has 0 saturated carbocycles. The minimum atomic E-state index is -1.05. The lowest BCUT2D eigenvalue weighted by Crippen LogP contribution is -2.59. The minimum Gasteiger partial charge on any atom is -0.497 e. The lowest BCUT2D eigenvalue weighted by atomic mass is 9.99. The molecule has 15 heteroatoms. The lowest BCUT2D eigenvalue weighted by molar-refractivity contribution is -0.148. The van der Waals surface area contributed by atoms with Gasteiger partial charge in [-0.1, -0.05) is 30.3 Å². The quantitative estimate of drug-likeness (QED) is 0.292. The number of fused-ring (bicyclic) bond motifs is 4. The van der Waals surface area contributed by atoms with Gasteiger partial charge in [0.05, 0.1) is 20.8 Å². The highest BCUT2D eigenvalue weighted by atomic mass is 16.5. The number of aromatic nitrogens is 1. The zero-order valence-corrected chi connectivity index (χ0v) is 33.5. The van der Waals surface area contributed by atoms with Gasteiger partial charge in [0.1, 0.15) is 47.4 Å². The third-order valence-corrected chi connectivity index (χ3v) is 10.6. The highest BCUT2D eigenvalue weighted by molar-refractivity contribution is 5.95. The summed E-state index contributed by atoms with van der Waals surface area (Å²) in [6.45, 7) is 3.36. The molecule has 1 aromatic heterocycles. The maximum atomic E-state index is 14.8. The van der Waals surface area contributed by atoms with Crippen LogP contribution in [0.5, 0.6) is 23.0 Å². The lowest BCUT2D eigenvalue weighted by Gasteiger charge is -2.36. The SMILES string of the molecule is COCc1nc2oc1N(C)[C@@H](Cc1ccc(OC)cc1)C(=O)N[C@@H](C)C(=O)N(C)[C@H]1Cc3ccc(cc3)Oc3cc(ccc3OC)C[C@@H](C(=O)N[C@@H]2C)N(C)C1=O. The number of methoxy groups -OCH3 is 3. The molecule has 0 aliphatic carbocycles. The van der Waals surface area contributed by atoms with E-state index < -0.39 is 53.8 Å². The smallest absolute Gasteiger partial charge is 0.246 e. The van der Waals surface area contributed by atoms with E-state index in [4.69, 9.17) is 28.3 Å².